The molecule has 0 radical (unpaired) electrons. The van der Waals surface area contributed by atoms with E-state index in [1.807, 2.05) is 0 Å². The van der Waals surface area contributed by atoms with Crippen LogP contribution >= 0.6 is 0 Å². The molecule has 0 aromatic rings. The van der Waals surface area contributed by atoms with Gasteiger partial charge in [-0.3, -0.25) is 4.79 Å². The molecule has 0 saturated heterocycles. The normalized spacial score (nSPS) is 30.1. The zero-order valence-electron chi connectivity index (χ0n) is 22.2. The van der Waals surface area contributed by atoms with E-state index in [9.17, 15) is 4.79 Å². The number of hydrogen-bond donors (Lipinski definition) is 0. The second kappa shape index (κ2) is 9.07. The molecule has 2 aliphatic rings. The highest BCUT2D eigenvalue weighted by molar-refractivity contribution is 6.74. The third-order valence-electron chi connectivity index (χ3n) is 8.77. The van der Waals surface area contributed by atoms with Crippen LogP contribution in [0.15, 0.2) is 11.6 Å². The minimum atomic E-state index is -1.93. The standard InChI is InChI=1S/C25H48O4Si2/c1-17-15-18-13-14-20(29-31(11,12)25(5,6)7)21(18)22(23(26)27-8)19(17)16-28-30(9,10)24(2,3)4/h15,18-22H,13-14,16H2,1-12H3/t18-,19+,20-,21-,22+/m1/s1. The van der Waals surface area contributed by atoms with Gasteiger partial charge in [0.2, 0.25) is 0 Å². The Labute approximate surface area is 193 Å². The van der Waals surface area contributed by atoms with Gasteiger partial charge in [0, 0.05) is 24.5 Å². The maximum absolute atomic E-state index is 13.2. The van der Waals surface area contributed by atoms with Gasteiger partial charge in [0.1, 0.15) is 0 Å². The quantitative estimate of drug-likeness (QED) is 0.244. The number of rotatable bonds is 6. The van der Waals surface area contributed by atoms with Crippen LogP contribution in [0.3, 0.4) is 0 Å². The fraction of sp³-hybridized carbons (Fsp3) is 0.880. The minimum Gasteiger partial charge on any atom is -0.469 e. The van der Waals surface area contributed by atoms with E-state index in [1.54, 1.807) is 0 Å². The highest BCUT2D eigenvalue weighted by Gasteiger charge is 2.53. The van der Waals surface area contributed by atoms with Gasteiger partial charge in [-0.15, -0.1) is 0 Å². The lowest BCUT2D eigenvalue weighted by molar-refractivity contribution is -0.152. The average molecular weight is 469 g/mol. The van der Waals surface area contributed by atoms with Crippen molar-refractivity contribution in [2.24, 2.45) is 23.7 Å². The molecule has 0 aliphatic heterocycles. The number of hydrogen-bond acceptors (Lipinski definition) is 4. The number of esters is 1. The van der Waals surface area contributed by atoms with Crippen LogP contribution in [0.1, 0.15) is 61.3 Å². The van der Waals surface area contributed by atoms with E-state index in [1.165, 1.54) is 12.7 Å². The van der Waals surface area contributed by atoms with Gasteiger partial charge in [-0.2, -0.15) is 0 Å². The molecule has 0 bridgehead atoms. The number of methoxy groups -OCH3 is 1. The molecule has 5 atom stereocenters. The third kappa shape index (κ3) is 5.56. The van der Waals surface area contributed by atoms with Crippen LogP contribution in [0.5, 0.6) is 0 Å². The largest absolute Gasteiger partial charge is 0.469 e. The van der Waals surface area contributed by atoms with Crippen molar-refractivity contribution in [3.63, 3.8) is 0 Å². The van der Waals surface area contributed by atoms with Crippen LogP contribution in [0.2, 0.25) is 36.3 Å². The first-order valence-electron chi connectivity index (χ1n) is 12.0. The van der Waals surface area contributed by atoms with E-state index in [0.29, 0.717) is 12.5 Å². The molecule has 0 spiro atoms. The Kier molecular flexibility index (Phi) is 7.85. The van der Waals surface area contributed by atoms with Crippen molar-refractivity contribution in [3.8, 4) is 0 Å². The molecule has 0 aromatic heterocycles. The summed E-state index contributed by atoms with van der Waals surface area (Å²) in [5.41, 5.74) is 1.28. The first kappa shape index (κ1) is 26.8. The summed E-state index contributed by atoms with van der Waals surface area (Å²) in [6.07, 6.45) is 4.65. The van der Waals surface area contributed by atoms with Crippen LogP contribution < -0.4 is 0 Å². The molecular weight excluding hydrogens is 420 g/mol. The zero-order valence-corrected chi connectivity index (χ0v) is 24.2. The van der Waals surface area contributed by atoms with E-state index < -0.39 is 16.6 Å². The van der Waals surface area contributed by atoms with E-state index >= 15 is 0 Å². The van der Waals surface area contributed by atoms with Gasteiger partial charge >= 0.3 is 5.97 Å². The Morgan fingerprint density at radius 2 is 1.55 bits per heavy atom. The van der Waals surface area contributed by atoms with E-state index in [2.05, 4.69) is 80.7 Å². The maximum atomic E-state index is 13.2. The van der Waals surface area contributed by atoms with Crippen molar-refractivity contribution in [2.75, 3.05) is 13.7 Å². The zero-order chi connectivity index (χ0) is 24.0. The van der Waals surface area contributed by atoms with Crippen LogP contribution in [0, 0.1) is 23.7 Å². The number of fused-ring (bicyclic) bond motifs is 1. The van der Waals surface area contributed by atoms with Gasteiger partial charge in [0.15, 0.2) is 16.6 Å². The molecule has 0 unspecified atom stereocenters. The molecule has 31 heavy (non-hydrogen) atoms. The third-order valence-corrected chi connectivity index (χ3v) is 17.8. The van der Waals surface area contributed by atoms with Crippen molar-refractivity contribution < 1.29 is 18.4 Å². The van der Waals surface area contributed by atoms with Crippen LogP contribution in [0.25, 0.3) is 0 Å². The summed E-state index contributed by atoms with van der Waals surface area (Å²) in [4.78, 5) is 13.2. The molecule has 0 amide bonds. The molecule has 0 aromatic carbocycles. The topological polar surface area (TPSA) is 44.8 Å². The molecule has 2 rings (SSSR count). The number of carbonyl (C=O) groups excluding carboxylic acids is 1. The summed E-state index contributed by atoms with van der Waals surface area (Å²) < 4.78 is 18.9. The fourth-order valence-corrected chi connectivity index (χ4v) is 7.04. The first-order chi connectivity index (χ1) is 13.9. The molecule has 1 fully saturated rings. The summed E-state index contributed by atoms with van der Waals surface area (Å²) in [6, 6.07) is 0. The van der Waals surface area contributed by atoms with E-state index in [-0.39, 0.29) is 39.9 Å². The molecule has 2 aliphatic carbocycles. The van der Waals surface area contributed by atoms with Crippen LogP contribution in [0.4, 0.5) is 0 Å². The highest BCUT2D eigenvalue weighted by Crippen LogP contribution is 2.51. The fourth-order valence-electron chi connectivity index (χ4n) is 4.62. The lowest BCUT2D eigenvalue weighted by Gasteiger charge is -2.45. The SMILES string of the molecule is COC(=O)[C@@H]1[C@@H]2[C@@H](C=C(C)[C@@H]1CO[Si](C)(C)C(C)(C)C)CC[C@H]2O[Si](C)(C)C(C)(C)C. The Morgan fingerprint density at radius 3 is 2.03 bits per heavy atom. The summed E-state index contributed by atoms with van der Waals surface area (Å²) in [6.45, 7) is 25.6. The van der Waals surface area contributed by atoms with E-state index in [0.717, 1.165) is 12.8 Å². The van der Waals surface area contributed by atoms with Gasteiger partial charge in [-0.1, -0.05) is 53.2 Å². The Balaban J connectivity index is 2.35. The predicted molar refractivity (Wildman–Crippen MR) is 134 cm³/mol. The van der Waals surface area contributed by atoms with Gasteiger partial charge < -0.3 is 13.6 Å². The lowest BCUT2D eigenvalue weighted by atomic mass is 9.68. The molecule has 4 nitrogen and oxygen atoms in total. The van der Waals surface area contributed by atoms with Crippen LogP contribution in [-0.4, -0.2) is 42.4 Å². The number of carbonyl (C=O) groups is 1. The highest BCUT2D eigenvalue weighted by atomic mass is 28.4. The summed E-state index contributed by atoms with van der Waals surface area (Å²) >= 11 is 0. The van der Waals surface area contributed by atoms with Crippen molar-refractivity contribution in [2.45, 2.75) is 104 Å². The predicted octanol–water partition coefficient (Wildman–Crippen LogP) is 6.79. The van der Waals surface area contributed by atoms with Crippen molar-refractivity contribution in [3.05, 3.63) is 11.6 Å². The second-order valence-electron chi connectivity index (χ2n) is 12.9. The molecule has 0 heterocycles. The van der Waals surface area contributed by atoms with Crippen molar-refractivity contribution in [1.82, 2.24) is 0 Å². The Morgan fingerprint density at radius 1 is 1.00 bits per heavy atom. The van der Waals surface area contributed by atoms with Gasteiger partial charge in [-0.05, 0) is 61.9 Å². The van der Waals surface area contributed by atoms with Gasteiger partial charge in [0.05, 0.1) is 13.0 Å². The molecule has 6 heteroatoms. The molecule has 1 saturated carbocycles. The average Bonchev–Trinajstić information content (AvgIpc) is 2.98. The maximum Gasteiger partial charge on any atom is 0.309 e. The van der Waals surface area contributed by atoms with Gasteiger partial charge in [0.25, 0.3) is 0 Å². The Hall–Kier alpha value is -0.436. The number of ether oxygens (including phenoxy) is 1. The van der Waals surface area contributed by atoms with Crippen LogP contribution in [-0.2, 0) is 18.4 Å². The smallest absolute Gasteiger partial charge is 0.309 e. The summed E-state index contributed by atoms with van der Waals surface area (Å²) in [5, 5.41) is 0.293. The monoisotopic (exact) mass is 468 g/mol. The van der Waals surface area contributed by atoms with Crippen molar-refractivity contribution in [1.29, 1.82) is 0 Å². The Bertz CT molecular complexity index is 685. The molecule has 0 N–H and O–H groups in total. The molecular formula is C25H48O4Si2. The summed E-state index contributed by atoms with van der Waals surface area (Å²) in [7, 11) is -2.32. The van der Waals surface area contributed by atoms with E-state index in [4.69, 9.17) is 13.6 Å². The summed E-state index contributed by atoms with van der Waals surface area (Å²) in [5.74, 6) is 0.340. The van der Waals surface area contributed by atoms with Crippen molar-refractivity contribution >= 4 is 22.6 Å². The minimum absolute atomic E-state index is 0.0615. The van der Waals surface area contributed by atoms with Gasteiger partial charge in [-0.25, -0.2) is 0 Å². The lowest BCUT2D eigenvalue weighted by Crippen LogP contribution is -2.50. The first-order valence-corrected chi connectivity index (χ1v) is 17.8. The second-order valence-corrected chi connectivity index (χ2v) is 22.4. The number of allylic oxidation sites excluding steroid dienone is 1. The molecule has 180 valence electrons.